The first-order valence-electron chi connectivity index (χ1n) is 6.33. The van der Waals surface area contributed by atoms with E-state index in [1.807, 2.05) is 0 Å². The SMILES string of the molecule is Cc1cc(F)c(OCCCCCCS(=O)(=O)O)c(F)c1. The topological polar surface area (TPSA) is 63.6 Å². The molecule has 0 bridgehead atoms. The Balaban J connectivity index is 2.25. The molecule has 0 spiro atoms. The molecule has 0 aliphatic carbocycles. The first-order valence-corrected chi connectivity index (χ1v) is 7.94. The first-order chi connectivity index (χ1) is 9.29. The molecule has 1 aromatic carbocycles. The maximum absolute atomic E-state index is 13.4. The number of aryl methyl sites for hydroxylation is 1. The first kappa shape index (κ1) is 16.8. The average Bonchev–Trinajstić information content (AvgIpc) is 2.29. The summed E-state index contributed by atoms with van der Waals surface area (Å²) in [6, 6.07) is 2.40. The Morgan fingerprint density at radius 2 is 1.65 bits per heavy atom. The molecule has 1 aromatic rings. The van der Waals surface area contributed by atoms with Crippen molar-refractivity contribution < 1.29 is 26.5 Å². The van der Waals surface area contributed by atoms with Crippen LogP contribution in [-0.2, 0) is 10.1 Å². The van der Waals surface area contributed by atoms with Crippen LogP contribution in [0, 0.1) is 18.6 Å². The summed E-state index contributed by atoms with van der Waals surface area (Å²) in [7, 11) is -3.91. The number of hydrogen-bond donors (Lipinski definition) is 1. The zero-order valence-corrected chi connectivity index (χ0v) is 12.0. The van der Waals surface area contributed by atoms with E-state index in [1.165, 1.54) is 12.1 Å². The predicted molar refractivity (Wildman–Crippen MR) is 71.5 cm³/mol. The fourth-order valence-corrected chi connectivity index (χ4v) is 2.31. The van der Waals surface area contributed by atoms with E-state index >= 15 is 0 Å². The molecule has 0 fully saturated rings. The van der Waals surface area contributed by atoms with Gasteiger partial charge in [-0.2, -0.15) is 8.42 Å². The average molecular weight is 308 g/mol. The molecule has 1 rings (SSSR count). The van der Waals surface area contributed by atoms with Crippen molar-refractivity contribution in [2.75, 3.05) is 12.4 Å². The lowest BCUT2D eigenvalue weighted by Gasteiger charge is -2.09. The van der Waals surface area contributed by atoms with Crippen molar-refractivity contribution in [3.63, 3.8) is 0 Å². The smallest absolute Gasteiger partial charge is 0.264 e. The van der Waals surface area contributed by atoms with Crippen molar-refractivity contribution in [2.24, 2.45) is 0 Å². The summed E-state index contributed by atoms with van der Waals surface area (Å²) in [5.74, 6) is -2.11. The van der Waals surface area contributed by atoms with Crippen LogP contribution in [0.4, 0.5) is 8.78 Å². The third kappa shape index (κ3) is 6.29. The molecular formula is C13H18F2O4S. The van der Waals surface area contributed by atoms with Gasteiger partial charge in [0.05, 0.1) is 12.4 Å². The maximum Gasteiger partial charge on any atom is 0.264 e. The van der Waals surface area contributed by atoms with E-state index in [9.17, 15) is 17.2 Å². The molecule has 0 heterocycles. The molecule has 114 valence electrons. The zero-order chi connectivity index (χ0) is 15.2. The van der Waals surface area contributed by atoms with Crippen molar-refractivity contribution in [2.45, 2.75) is 32.6 Å². The van der Waals surface area contributed by atoms with Gasteiger partial charge in [-0.05, 0) is 37.5 Å². The molecule has 0 atom stereocenters. The minimum Gasteiger partial charge on any atom is -0.488 e. The van der Waals surface area contributed by atoms with Gasteiger partial charge >= 0.3 is 0 Å². The van der Waals surface area contributed by atoms with Crippen LogP contribution in [0.5, 0.6) is 5.75 Å². The fraction of sp³-hybridized carbons (Fsp3) is 0.538. The minimum absolute atomic E-state index is 0.156. The molecule has 7 heteroatoms. The second kappa shape index (κ2) is 7.54. The molecule has 0 radical (unpaired) electrons. The number of rotatable bonds is 8. The number of halogens is 2. The van der Waals surface area contributed by atoms with Crippen LogP contribution in [0.3, 0.4) is 0 Å². The third-order valence-corrected chi connectivity index (χ3v) is 3.49. The summed E-state index contributed by atoms with van der Waals surface area (Å²) in [4.78, 5) is 0. The molecule has 20 heavy (non-hydrogen) atoms. The summed E-state index contributed by atoms with van der Waals surface area (Å²) in [5, 5.41) is 0. The largest absolute Gasteiger partial charge is 0.488 e. The number of ether oxygens (including phenoxy) is 1. The zero-order valence-electron chi connectivity index (χ0n) is 11.2. The van der Waals surface area contributed by atoms with Gasteiger partial charge < -0.3 is 4.74 Å². The van der Waals surface area contributed by atoms with Crippen molar-refractivity contribution in [3.8, 4) is 5.75 Å². The van der Waals surface area contributed by atoms with Crippen molar-refractivity contribution in [1.29, 1.82) is 0 Å². The highest BCUT2D eigenvalue weighted by Crippen LogP contribution is 2.23. The van der Waals surface area contributed by atoms with E-state index in [2.05, 4.69) is 0 Å². The van der Waals surface area contributed by atoms with Gasteiger partial charge in [-0.15, -0.1) is 0 Å². The molecule has 1 N–H and O–H groups in total. The molecular weight excluding hydrogens is 290 g/mol. The molecule has 0 amide bonds. The van der Waals surface area contributed by atoms with Crippen molar-refractivity contribution in [3.05, 3.63) is 29.3 Å². The monoisotopic (exact) mass is 308 g/mol. The van der Waals surface area contributed by atoms with Crippen LogP contribution >= 0.6 is 0 Å². The molecule has 0 aliphatic heterocycles. The quantitative estimate of drug-likeness (QED) is 0.592. The predicted octanol–water partition coefficient (Wildman–Crippen LogP) is 3.10. The standard InChI is InChI=1S/C13H18F2O4S/c1-10-8-11(14)13(12(15)9-10)19-6-4-2-3-5-7-20(16,17)18/h8-9H,2-7H2,1H3,(H,16,17,18). The van der Waals surface area contributed by atoms with Gasteiger partial charge in [0.1, 0.15) is 0 Å². The number of benzene rings is 1. The lowest BCUT2D eigenvalue weighted by molar-refractivity contribution is 0.275. The second-order valence-electron chi connectivity index (χ2n) is 4.61. The normalized spacial score (nSPS) is 11.6. The van der Waals surface area contributed by atoms with Crippen molar-refractivity contribution in [1.82, 2.24) is 0 Å². The molecule has 0 saturated carbocycles. The van der Waals surface area contributed by atoms with Gasteiger partial charge in [-0.1, -0.05) is 12.8 Å². The van der Waals surface area contributed by atoms with Crippen molar-refractivity contribution >= 4 is 10.1 Å². The lowest BCUT2D eigenvalue weighted by Crippen LogP contribution is -2.04. The van der Waals surface area contributed by atoms with E-state index in [4.69, 9.17) is 9.29 Å². The van der Waals surface area contributed by atoms with Crippen LogP contribution in [0.25, 0.3) is 0 Å². The second-order valence-corrected chi connectivity index (χ2v) is 6.18. The van der Waals surface area contributed by atoms with Crippen LogP contribution in [0.1, 0.15) is 31.2 Å². The molecule has 0 saturated heterocycles. The Hall–Kier alpha value is -1.21. The third-order valence-electron chi connectivity index (χ3n) is 2.69. The Labute approximate surface area is 117 Å². The number of hydrogen-bond acceptors (Lipinski definition) is 3. The van der Waals surface area contributed by atoms with Crippen LogP contribution < -0.4 is 4.74 Å². The van der Waals surface area contributed by atoms with Gasteiger partial charge in [-0.3, -0.25) is 4.55 Å². The Bertz CT molecular complexity index is 520. The summed E-state index contributed by atoms with van der Waals surface area (Å²) < 4.78 is 61.3. The minimum atomic E-state index is -3.91. The number of unbranched alkanes of at least 4 members (excludes halogenated alkanes) is 3. The van der Waals surface area contributed by atoms with E-state index < -0.39 is 21.8 Å². The molecule has 4 nitrogen and oxygen atoms in total. The van der Waals surface area contributed by atoms with Gasteiger partial charge in [0.15, 0.2) is 17.4 Å². The van der Waals surface area contributed by atoms with Crippen LogP contribution in [0.2, 0.25) is 0 Å². The molecule has 0 unspecified atom stereocenters. The van der Waals surface area contributed by atoms with E-state index in [0.717, 1.165) is 0 Å². The summed E-state index contributed by atoms with van der Waals surface area (Å²) in [5.41, 5.74) is 0.484. The highest BCUT2D eigenvalue weighted by molar-refractivity contribution is 7.85. The highest BCUT2D eigenvalue weighted by Gasteiger charge is 2.11. The summed E-state index contributed by atoms with van der Waals surface area (Å²) >= 11 is 0. The molecule has 0 aliphatic rings. The van der Waals surface area contributed by atoms with Gasteiger partial charge in [0, 0.05) is 0 Å². The van der Waals surface area contributed by atoms with E-state index in [-0.39, 0.29) is 18.1 Å². The maximum atomic E-state index is 13.4. The van der Waals surface area contributed by atoms with Gasteiger partial charge in [0.25, 0.3) is 10.1 Å². The lowest BCUT2D eigenvalue weighted by atomic mass is 10.2. The van der Waals surface area contributed by atoms with E-state index in [0.29, 0.717) is 31.2 Å². The Morgan fingerprint density at radius 1 is 1.10 bits per heavy atom. The summed E-state index contributed by atoms with van der Waals surface area (Å²) in [6.45, 7) is 1.74. The highest BCUT2D eigenvalue weighted by atomic mass is 32.2. The fourth-order valence-electron chi connectivity index (χ4n) is 1.74. The van der Waals surface area contributed by atoms with Gasteiger partial charge in [-0.25, -0.2) is 8.78 Å². The molecule has 0 aromatic heterocycles. The van der Waals surface area contributed by atoms with Crippen LogP contribution in [-0.4, -0.2) is 25.3 Å². The summed E-state index contributed by atoms with van der Waals surface area (Å²) in [6.07, 6.45) is 2.16. The van der Waals surface area contributed by atoms with Crippen LogP contribution in [0.15, 0.2) is 12.1 Å². The van der Waals surface area contributed by atoms with Gasteiger partial charge in [0.2, 0.25) is 0 Å². The Morgan fingerprint density at radius 3 is 2.20 bits per heavy atom. The van der Waals surface area contributed by atoms with E-state index in [1.54, 1.807) is 6.92 Å². The Kier molecular flexibility index (Phi) is 6.35.